The predicted octanol–water partition coefficient (Wildman–Crippen LogP) is 2.25. The number of ether oxygens (including phenoxy) is 1. The van der Waals surface area contributed by atoms with E-state index in [0.717, 1.165) is 53.6 Å². The largest absolute Gasteiger partial charge is 1.00 e. The molecule has 0 saturated carbocycles. The molecular formula is C23H22ClN4OS-. The molecule has 7 heteroatoms. The highest BCUT2D eigenvalue weighted by Gasteiger charge is 2.14. The van der Waals surface area contributed by atoms with E-state index in [9.17, 15) is 0 Å². The van der Waals surface area contributed by atoms with E-state index >= 15 is 0 Å². The maximum Gasteiger partial charge on any atom is 0.143 e. The molecule has 2 aromatic carbocycles. The maximum absolute atomic E-state index is 5.44. The number of anilines is 3. The van der Waals surface area contributed by atoms with E-state index in [2.05, 4.69) is 81.0 Å². The molecule has 0 spiro atoms. The third-order valence-corrected chi connectivity index (χ3v) is 6.13. The molecule has 5 rings (SSSR count). The SMILES string of the molecule is Cc1ccc(-c2csc3ncnc(Nc4ccc(N5CCOCC5)cc4)c23)cc1.[Cl-]. The lowest BCUT2D eigenvalue weighted by molar-refractivity contribution is -0.00000651. The van der Waals surface area contributed by atoms with Crippen LogP contribution in [0.15, 0.2) is 60.2 Å². The smallest absolute Gasteiger partial charge is 0.143 e. The molecule has 2 aromatic heterocycles. The number of nitrogens with zero attached hydrogens (tertiary/aromatic N) is 3. The Morgan fingerprint density at radius 3 is 2.43 bits per heavy atom. The highest BCUT2D eigenvalue weighted by Crippen LogP contribution is 2.37. The number of benzene rings is 2. The zero-order valence-electron chi connectivity index (χ0n) is 16.6. The number of aryl methyl sites for hydroxylation is 1. The van der Waals surface area contributed by atoms with Crippen LogP contribution in [0.3, 0.4) is 0 Å². The number of hydrogen-bond donors (Lipinski definition) is 1. The molecule has 5 nitrogen and oxygen atoms in total. The van der Waals surface area contributed by atoms with Gasteiger partial charge in [0.05, 0.1) is 18.6 Å². The summed E-state index contributed by atoms with van der Waals surface area (Å²) in [6, 6.07) is 17.1. The van der Waals surface area contributed by atoms with E-state index in [0.29, 0.717) is 0 Å². The Hall–Kier alpha value is -2.67. The third kappa shape index (κ3) is 4.12. The van der Waals surface area contributed by atoms with Gasteiger partial charge in [-0.25, -0.2) is 9.97 Å². The fourth-order valence-electron chi connectivity index (χ4n) is 3.63. The Labute approximate surface area is 186 Å². The van der Waals surface area contributed by atoms with Gasteiger partial charge in [0.1, 0.15) is 17.0 Å². The summed E-state index contributed by atoms with van der Waals surface area (Å²) < 4.78 is 5.44. The van der Waals surface area contributed by atoms with Crippen LogP contribution in [0.5, 0.6) is 0 Å². The van der Waals surface area contributed by atoms with Crippen LogP contribution < -0.4 is 22.6 Å². The molecule has 154 valence electrons. The Morgan fingerprint density at radius 1 is 0.967 bits per heavy atom. The second-order valence-corrected chi connectivity index (χ2v) is 8.05. The molecule has 1 saturated heterocycles. The number of hydrogen-bond acceptors (Lipinski definition) is 6. The highest BCUT2D eigenvalue weighted by atomic mass is 35.5. The first-order valence-corrected chi connectivity index (χ1v) is 10.6. The van der Waals surface area contributed by atoms with Gasteiger partial charge in [-0.15, -0.1) is 11.3 Å². The van der Waals surface area contributed by atoms with Crippen LogP contribution in [-0.4, -0.2) is 36.3 Å². The first-order valence-electron chi connectivity index (χ1n) is 9.77. The van der Waals surface area contributed by atoms with Gasteiger partial charge in [0.25, 0.3) is 0 Å². The van der Waals surface area contributed by atoms with Crippen molar-refractivity contribution in [1.82, 2.24) is 9.97 Å². The fraction of sp³-hybridized carbons (Fsp3) is 0.217. The van der Waals surface area contributed by atoms with Crippen LogP contribution in [0, 0.1) is 6.92 Å². The van der Waals surface area contributed by atoms with Crippen molar-refractivity contribution >= 4 is 38.7 Å². The van der Waals surface area contributed by atoms with Crippen LogP contribution >= 0.6 is 11.3 Å². The Bertz CT molecular complexity index is 1120. The minimum absolute atomic E-state index is 0. The molecule has 0 atom stereocenters. The lowest BCUT2D eigenvalue weighted by Crippen LogP contribution is -3.00. The number of halogens is 1. The van der Waals surface area contributed by atoms with Gasteiger partial charge in [0.2, 0.25) is 0 Å². The van der Waals surface area contributed by atoms with Crippen molar-refractivity contribution in [2.24, 2.45) is 0 Å². The number of morpholine rings is 1. The Morgan fingerprint density at radius 2 is 1.70 bits per heavy atom. The number of fused-ring (bicyclic) bond motifs is 1. The van der Waals surface area contributed by atoms with Crippen molar-refractivity contribution in [3.63, 3.8) is 0 Å². The molecule has 1 aliphatic heterocycles. The summed E-state index contributed by atoms with van der Waals surface area (Å²) in [7, 11) is 0. The lowest BCUT2D eigenvalue weighted by Gasteiger charge is -2.28. The van der Waals surface area contributed by atoms with Gasteiger partial charge in [-0.2, -0.15) is 0 Å². The summed E-state index contributed by atoms with van der Waals surface area (Å²) in [6.07, 6.45) is 1.63. The van der Waals surface area contributed by atoms with Crippen molar-refractivity contribution < 1.29 is 17.1 Å². The van der Waals surface area contributed by atoms with Crippen LogP contribution in [0.25, 0.3) is 21.3 Å². The van der Waals surface area contributed by atoms with Gasteiger partial charge in [-0.3, -0.25) is 0 Å². The molecule has 30 heavy (non-hydrogen) atoms. The van der Waals surface area contributed by atoms with Crippen molar-refractivity contribution in [1.29, 1.82) is 0 Å². The first kappa shape index (κ1) is 20.6. The van der Waals surface area contributed by atoms with E-state index in [1.165, 1.54) is 16.8 Å². The van der Waals surface area contributed by atoms with E-state index in [1.54, 1.807) is 17.7 Å². The summed E-state index contributed by atoms with van der Waals surface area (Å²) >= 11 is 1.65. The molecule has 0 bridgehead atoms. The van der Waals surface area contributed by atoms with E-state index in [4.69, 9.17) is 4.74 Å². The third-order valence-electron chi connectivity index (χ3n) is 5.24. The van der Waals surface area contributed by atoms with Crippen molar-refractivity contribution in [2.75, 3.05) is 36.5 Å². The molecular weight excluding hydrogens is 416 g/mol. The van der Waals surface area contributed by atoms with E-state index in [1.807, 2.05) is 0 Å². The second kappa shape index (κ2) is 9.00. The normalized spacial score (nSPS) is 13.8. The summed E-state index contributed by atoms with van der Waals surface area (Å²) in [5.41, 5.74) is 5.84. The van der Waals surface area contributed by atoms with Crippen LogP contribution in [0.4, 0.5) is 17.2 Å². The number of aromatic nitrogens is 2. The Balaban J connectivity index is 0.00000218. The summed E-state index contributed by atoms with van der Waals surface area (Å²) in [4.78, 5) is 12.4. The number of nitrogens with one attached hydrogen (secondary N) is 1. The summed E-state index contributed by atoms with van der Waals surface area (Å²) in [5, 5.41) is 6.73. The quantitative estimate of drug-likeness (QED) is 0.530. The van der Waals surface area contributed by atoms with Crippen molar-refractivity contribution in [3.05, 3.63) is 65.8 Å². The van der Waals surface area contributed by atoms with Gasteiger partial charge in [0.15, 0.2) is 0 Å². The zero-order chi connectivity index (χ0) is 19.6. The van der Waals surface area contributed by atoms with Crippen LogP contribution in [0.2, 0.25) is 0 Å². The minimum atomic E-state index is 0. The summed E-state index contributed by atoms with van der Waals surface area (Å²) in [5.74, 6) is 0.839. The van der Waals surface area contributed by atoms with Crippen LogP contribution in [0.1, 0.15) is 5.56 Å². The van der Waals surface area contributed by atoms with Gasteiger partial charge in [0, 0.05) is 35.4 Å². The average Bonchev–Trinajstić information content (AvgIpc) is 3.21. The van der Waals surface area contributed by atoms with Crippen molar-refractivity contribution in [3.8, 4) is 11.1 Å². The summed E-state index contributed by atoms with van der Waals surface area (Å²) in [6.45, 7) is 5.56. The fourth-order valence-corrected chi connectivity index (χ4v) is 4.55. The maximum atomic E-state index is 5.44. The van der Waals surface area contributed by atoms with E-state index < -0.39 is 0 Å². The predicted molar refractivity (Wildman–Crippen MR) is 120 cm³/mol. The molecule has 0 aliphatic carbocycles. The number of rotatable bonds is 4. The number of thiophene rings is 1. The molecule has 0 unspecified atom stereocenters. The monoisotopic (exact) mass is 437 g/mol. The second-order valence-electron chi connectivity index (χ2n) is 7.19. The first-order chi connectivity index (χ1) is 14.3. The van der Waals surface area contributed by atoms with E-state index in [-0.39, 0.29) is 12.4 Å². The molecule has 1 aliphatic rings. The average molecular weight is 438 g/mol. The Kier molecular flexibility index (Phi) is 6.18. The van der Waals surface area contributed by atoms with Crippen LogP contribution in [-0.2, 0) is 4.74 Å². The molecule has 3 heterocycles. The lowest BCUT2D eigenvalue weighted by atomic mass is 10.0. The van der Waals surface area contributed by atoms with Gasteiger partial charge in [-0.05, 0) is 36.8 Å². The van der Waals surface area contributed by atoms with Gasteiger partial charge >= 0.3 is 0 Å². The molecule has 4 aromatic rings. The van der Waals surface area contributed by atoms with Crippen molar-refractivity contribution in [2.45, 2.75) is 6.92 Å². The molecule has 0 radical (unpaired) electrons. The molecule has 1 fully saturated rings. The molecule has 0 amide bonds. The molecule has 1 N–H and O–H groups in total. The van der Waals surface area contributed by atoms with Gasteiger partial charge in [-0.1, -0.05) is 29.8 Å². The van der Waals surface area contributed by atoms with Gasteiger partial charge < -0.3 is 27.4 Å². The minimum Gasteiger partial charge on any atom is -1.00 e. The standard InChI is InChI=1S/C23H22N4OS.ClH/c1-16-2-4-17(5-3-16)20-14-29-23-21(20)22(24-15-25-23)26-18-6-8-19(9-7-18)27-10-12-28-13-11-27;/h2-9,14-15H,10-13H2,1H3,(H,24,25,26);1H/p-1. The highest BCUT2D eigenvalue weighted by molar-refractivity contribution is 7.17. The zero-order valence-corrected chi connectivity index (χ0v) is 18.2. The topological polar surface area (TPSA) is 50.3 Å².